The minimum absolute atomic E-state index is 0. The lowest BCUT2D eigenvalue weighted by atomic mass is 9.65. The summed E-state index contributed by atoms with van der Waals surface area (Å²) in [5.74, 6) is -0.0924. The Hall–Kier alpha value is -2.37. The van der Waals surface area contributed by atoms with E-state index < -0.39 is 11.7 Å². The van der Waals surface area contributed by atoms with Gasteiger partial charge in [-0.25, -0.2) is 4.98 Å². The first-order valence-electron chi connectivity index (χ1n) is 9.92. The van der Waals surface area contributed by atoms with Gasteiger partial charge >= 0.3 is 6.18 Å². The number of hydrogen-bond acceptors (Lipinski definition) is 2. The summed E-state index contributed by atoms with van der Waals surface area (Å²) in [7, 11) is 0. The minimum atomic E-state index is -4.37. The van der Waals surface area contributed by atoms with Gasteiger partial charge in [-0.1, -0.05) is 46.4 Å². The molecule has 2 fully saturated rings. The monoisotopic (exact) mass is 418 g/mol. The molecule has 4 rings (SSSR count). The normalized spacial score (nSPS) is 25.0. The average Bonchev–Trinajstić information content (AvgIpc) is 2.89. The molecule has 0 spiro atoms. The summed E-state index contributed by atoms with van der Waals surface area (Å²) in [6, 6.07) is 10.2. The predicted molar refractivity (Wildman–Crippen MR) is 112 cm³/mol. The van der Waals surface area contributed by atoms with Gasteiger partial charge in [0.15, 0.2) is 0 Å². The zero-order valence-electron chi connectivity index (χ0n) is 16.9. The van der Waals surface area contributed by atoms with Crippen molar-refractivity contribution < 1.29 is 18.0 Å². The second-order valence-corrected chi connectivity index (χ2v) is 9.63. The fourth-order valence-corrected chi connectivity index (χ4v) is 5.39. The number of nitrogens with zero attached hydrogens (tertiary/aromatic N) is 2. The quantitative estimate of drug-likeness (QED) is 0.562. The molecule has 1 aromatic carbocycles. The molecule has 2 heterocycles. The summed E-state index contributed by atoms with van der Waals surface area (Å²) in [4.78, 5) is 19.7. The van der Waals surface area contributed by atoms with E-state index in [0.29, 0.717) is 17.0 Å². The number of benzene rings is 1. The number of amides is 1. The van der Waals surface area contributed by atoms with Gasteiger partial charge in [0, 0.05) is 18.2 Å². The van der Waals surface area contributed by atoms with E-state index in [1.165, 1.54) is 12.1 Å². The zero-order chi connectivity index (χ0) is 21.0. The molecule has 1 aliphatic heterocycles. The van der Waals surface area contributed by atoms with Gasteiger partial charge in [0.05, 0.1) is 11.3 Å². The molecule has 1 aliphatic carbocycles. The molecule has 6 heteroatoms. The maximum Gasteiger partial charge on any atom is 0.416 e. The molecule has 3 nitrogen and oxygen atoms in total. The van der Waals surface area contributed by atoms with Gasteiger partial charge in [0.2, 0.25) is 0 Å². The Bertz CT molecular complexity index is 936. The van der Waals surface area contributed by atoms with Gasteiger partial charge in [-0.15, -0.1) is 0 Å². The van der Waals surface area contributed by atoms with E-state index in [1.54, 1.807) is 18.2 Å². The summed E-state index contributed by atoms with van der Waals surface area (Å²) in [6.45, 7) is 7.50. The molecule has 1 aromatic heterocycles. The van der Waals surface area contributed by atoms with Crippen LogP contribution in [0.25, 0.3) is 11.3 Å². The Balaban J connectivity index is 0.00000256. The van der Waals surface area contributed by atoms with Crippen LogP contribution in [-0.2, 0) is 6.18 Å². The van der Waals surface area contributed by atoms with Gasteiger partial charge < -0.3 is 4.90 Å². The van der Waals surface area contributed by atoms with Crippen LogP contribution < -0.4 is 0 Å². The molecule has 2 bridgehead atoms. The molecule has 0 N–H and O–H groups in total. The zero-order valence-corrected chi connectivity index (χ0v) is 16.9. The fourth-order valence-electron chi connectivity index (χ4n) is 5.39. The first-order chi connectivity index (χ1) is 13.5. The minimum Gasteiger partial charge on any atom is -0.334 e. The Morgan fingerprint density at radius 1 is 1.07 bits per heavy atom. The Morgan fingerprint density at radius 3 is 2.37 bits per heavy atom. The van der Waals surface area contributed by atoms with Crippen molar-refractivity contribution in [3.63, 3.8) is 0 Å². The van der Waals surface area contributed by atoms with E-state index in [1.807, 2.05) is 4.90 Å². The van der Waals surface area contributed by atoms with E-state index in [-0.39, 0.29) is 30.2 Å². The van der Waals surface area contributed by atoms with E-state index in [4.69, 9.17) is 0 Å². The van der Waals surface area contributed by atoms with Crippen LogP contribution in [-0.4, -0.2) is 28.4 Å². The van der Waals surface area contributed by atoms with Crippen LogP contribution >= 0.6 is 0 Å². The molecular formula is C24H29F3N2O. The first kappa shape index (κ1) is 22.3. The molecule has 1 saturated heterocycles. The van der Waals surface area contributed by atoms with Crippen LogP contribution in [0.1, 0.15) is 63.5 Å². The van der Waals surface area contributed by atoms with Gasteiger partial charge in [-0.3, -0.25) is 4.79 Å². The van der Waals surface area contributed by atoms with E-state index >= 15 is 0 Å². The van der Waals surface area contributed by atoms with Crippen molar-refractivity contribution in [1.29, 1.82) is 0 Å². The molecule has 0 radical (unpaired) electrons. The molecule has 30 heavy (non-hydrogen) atoms. The maximum atomic E-state index is 13.2. The predicted octanol–water partition coefficient (Wildman–Crippen LogP) is 6.44. The molecule has 1 saturated carbocycles. The van der Waals surface area contributed by atoms with Crippen LogP contribution in [0, 0.1) is 10.8 Å². The number of fused-ring (bicyclic) bond motifs is 2. The number of hydrogen-bond donors (Lipinski definition) is 0. The number of carbonyl (C=O) groups is 1. The van der Waals surface area contributed by atoms with Crippen molar-refractivity contribution in [3.8, 4) is 11.3 Å². The fraction of sp³-hybridized carbons (Fsp3) is 0.500. The van der Waals surface area contributed by atoms with Crippen molar-refractivity contribution in [2.75, 3.05) is 6.54 Å². The average molecular weight is 419 g/mol. The third kappa shape index (κ3) is 4.23. The van der Waals surface area contributed by atoms with Crippen LogP contribution in [0.5, 0.6) is 0 Å². The molecule has 0 unspecified atom stereocenters. The Labute approximate surface area is 176 Å². The summed E-state index contributed by atoms with van der Waals surface area (Å²) in [5.41, 5.74) is 1.04. The number of alkyl halides is 3. The van der Waals surface area contributed by atoms with Crippen molar-refractivity contribution in [3.05, 3.63) is 53.7 Å². The lowest BCUT2D eigenvalue weighted by molar-refractivity contribution is -0.137. The van der Waals surface area contributed by atoms with Crippen LogP contribution in [0.2, 0.25) is 0 Å². The third-order valence-corrected chi connectivity index (χ3v) is 6.15. The second kappa shape index (κ2) is 7.40. The van der Waals surface area contributed by atoms with Crippen LogP contribution in [0.3, 0.4) is 0 Å². The van der Waals surface area contributed by atoms with Crippen molar-refractivity contribution in [2.24, 2.45) is 10.8 Å². The number of rotatable bonds is 2. The third-order valence-electron chi connectivity index (χ3n) is 6.15. The van der Waals surface area contributed by atoms with Gasteiger partial charge in [-0.05, 0) is 54.4 Å². The number of halogens is 3. The first-order valence-corrected chi connectivity index (χ1v) is 9.92. The standard InChI is InChI=1S/C23H25F3N2O.CH4/c1-21(2)11-17-12-22(3,13-21)14-28(17)20(29)19-6-4-5-18(27-19)15-7-9-16(10-8-15)23(24,25)26;/h4-10,17H,11-14H2,1-3H3;1H4/t17-,22-;/m1./s1. The van der Waals surface area contributed by atoms with Crippen molar-refractivity contribution >= 4 is 5.91 Å². The highest BCUT2D eigenvalue weighted by Gasteiger charge is 2.51. The summed E-state index contributed by atoms with van der Waals surface area (Å²) in [6.07, 6.45) is -1.28. The highest BCUT2D eigenvalue weighted by atomic mass is 19.4. The van der Waals surface area contributed by atoms with Gasteiger partial charge in [0.1, 0.15) is 5.69 Å². The largest absolute Gasteiger partial charge is 0.416 e. The lowest BCUT2D eigenvalue weighted by Crippen LogP contribution is -2.38. The van der Waals surface area contributed by atoms with Crippen LogP contribution in [0.4, 0.5) is 13.2 Å². The number of pyridine rings is 1. The summed E-state index contributed by atoms with van der Waals surface area (Å²) in [5, 5.41) is 0. The van der Waals surface area contributed by atoms with Crippen molar-refractivity contribution in [1.82, 2.24) is 9.88 Å². The molecular weight excluding hydrogens is 389 g/mol. The van der Waals surface area contributed by atoms with E-state index in [2.05, 4.69) is 25.8 Å². The number of likely N-dealkylation sites (tertiary alicyclic amines) is 1. The topological polar surface area (TPSA) is 33.2 Å². The Kier molecular flexibility index (Phi) is 5.50. The Morgan fingerprint density at radius 2 is 1.73 bits per heavy atom. The van der Waals surface area contributed by atoms with Gasteiger partial charge in [-0.2, -0.15) is 13.2 Å². The molecule has 162 valence electrons. The number of aromatic nitrogens is 1. The summed E-state index contributed by atoms with van der Waals surface area (Å²) >= 11 is 0. The lowest BCUT2D eigenvalue weighted by Gasteiger charge is -2.39. The smallest absolute Gasteiger partial charge is 0.334 e. The highest BCUT2D eigenvalue weighted by molar-refractivity contribution is 5.93. The van der Waals surface area contributed by atoms with E-state index in [9.17, 15) is 18.0 Å². The molecule has 2 aliphatic rings. The number of carbonyl (C=O) groups excluding carboxylic acids is 1. The van der Waals surface area contributed by atoms with Crippen molar-refractivity contribution in [2.45, 2.75) is 59.7 Å². The second-order valence-electron chi connectivity index (χ2n) is 9.63. The SMILES string of the molecule is C.CC1(C)C[C@@H]2C[C@@](C)(CN2C(=O)c2cccc(-c3ccc(C(F)(F)F)cc3)n2)C1. The van der Waals surface area contributed by atoms with Gasteiger partial charge in [0.25, 0.3) is 5.91 Å². The van der Waals surface area contributed by atoms with E-state index in [0.717, 1.165) is 37.9 Å². The molecule has 2 atom stereocenters. The summed E-state index contributed by atoms with van der Waals surface area (Å²) < 4.78 is 38.4. The highest BCUT2D eigenvalue weighted by Crippen LogP contribution is 2.52. The maximum absolute atomic E-state index is 13.2. The van der Waals surface area contributed by atoms with Crippen LogP contribution in [0.15, 0.2) is 42.5 Å². The molecule has 1 amide bonds. The molecule has 2 aromatic rings.